The predicted molar refractivity (Wildman–Crippen MR) is 84.0 cm³/mol. The maximum Gasteiger partial charge on any atom is 0.673 e. The highest BCUT2D eigenvalue weighted by atomic mass is 19.5. The van der Waals surface area contributed by atoms with E-state index in [-0.39, 0.29) is 0 Å². The van der Waals surface area contributed by atoms with Crippen molar-refractivity contribution in [1.82, 2.24) is 0 Å². The van der Waals surface area contributed by atoms with Crippen LogP contribution in [-0.2, 0) is 13.1 Å². The fourth-order valence-corrected chi connectivity index (χ4v) is 1.72. The minimum atomic E-state index is -6.00. The van der Waals surface area contributed by atoms with E-state index in [0.29, 0.717) is 0 Å². The summed E-state index contributed by atoms with van der Waals surface area (Å²) in [6, 6.07) is 8.65. The molecule has 2 nitrogen and oxygen atoms in total. The molecule has 0 aliphatic heterocycles. The van der Waals surface area contributed by atoms with E-state index in [1.54, 1.807) is 0 Å². The van der Waals surface area contributed by atoms with Crippen molar-refractivity contribution in [3.8, 4) is 11.1 Å². The third kappa shape index (κ3) is 14.2. The molecule has 0 fully saturated rings. The topological polar surface area (TPSA) is 7.76 Å². The Hall–Kier alpha value is -2.13. The fourth-order valence-electron chi connectivity index (χ4n) is 1.72. The van der Waals surface area contributed by atoms with Crippen molar-refractivity contribution in [1.29, 1.82) is 0 Å². The Labute approximate surface area is 146 Å². The van der Waals surface area contributed by atoms with Crippen molar-refractivity contribution in [2.24, 2.45) is 0 Å². The summed E-state index contributed by atoms with van der Waals surface area (Å²) >= 11 is 0. The lowest BCUT2D eigenvalue weighted by atomic mass is 10.1. The van der Waals surface area contributed by atoms with Crippen LogP contribution in [0.4, 0.5) is 34.5 Å². The zero-order chi connectivity index (χ0) is 20.4. The minimum absolute atomic E-state index is 1.02. The second kappa shape index (κ2) is 10.8. The second-order valence-corrected chi connectivity index (χ2v) is 4.82. The molecular formula is C14H18B2F8N2. The number of aryl methyl sites for hydroxylation is 2. The molecule has 0 aliphatic carbocycles. The third-order valence-electron chi connectivity index (χ3n) is 2.85. The Morgan fingerprint density at radius 3 is 0.923 bits per heavy atom. The lowest BCUT2D eigenvalue weighted by molar-refractivity contribution is -0.693. The van der Waals surface area contributed by atoms with Crippen LogP contribution in [0.3, 0.4) is 0 Å². The lowest BCUT2D eigenvalue weighted by Gasteiger charge is -1.99. The summed E-state index contributed by atoms with van der Waals surface area (Å²) in [5.41, 5.74) is 2.54. The van der Waals surface area contributed by atoms with Crippen LogP contribution >= 0.6 is 0 Å². The summed E-state index contributed by atoms with van der Waals surface area (Å²) in [5.74, 6) is 0. The molecule has 0 N–H and O–H groups in total. The first-order chi connectivity index (χ1) is 11.8. The zero-order valence-electron chi connectivity index (χ0n) is 14.1. The Morgan fingerprint density at radius 1 is 0.577 bits per heavy atom. The summed E-state index contributed by atoms with van der Waals surface area (Å²) in [5, 5.41) is 0. The van der Waals surface area contributed by atoms with Crippen molar-refractivity contribution in [3.05, 3.63) is 49.1 Å². The van der Waals surface area contributed by atoms with Gasteiger partial charge in [-0.3, -0.25) is 0 Å². The Balaban J connectivity index is 0.000000520. The van der Waals surface area contributed by atoms with Gasteiger partial charge in [0, 0.05) is 24.3 Å². The number of aromatic nitrogens is 2. The molecule has 2 aromatic rings. The predicted octanol–water partition coefficient (Wildman–Crippen LogP) is 4.57. The molecular weight excluding hydrogens is 370 g/mol. The van der Waals surface area contributed by atoms with Gasteiger partial charge in [0.25, 0.3) is 0 Å². The van der Waals surface area contributed by atoms with Gasteiger partial charge in [-0.2, -0.15) is 0 Å². The van der Waals surface area contributed by atoms with Gasteiger partial charge >= 0.3 is 14.5 Å². The van der Waals surface area contributed by atoms with Crippen LogP contribution in [0.1, 0.15) is 13.8 Å². The molecule has 0 radical (unpaired) electrons. The quantitative estimate of drug-likeness (QED) is 0.414. The molecule has 0 atom stereocenters. The number of halogens is 8. The van der Waals surface area contributed by atoms with E-state index in [1.165, 1.54) is 11.1 Å². The monoisotopic (exact) mass is 388 g/mol. The lowest BCUT2D eigenvalue weighted by Crippen LogP contribution is -2.31. The summed E-state index contributed by atoms with van der Waals surface area (Å²) < 4.78 is 82.3. The second-order valence-electron chi connectivity index (χ2n) is 4.82. The van der Waals surface area contributed by atoms with Crippen molar-refractivity contribution >= 4 is 14.5 Å². The van der Waals surface area contributed by atoms with Crippen LogP contribution in [0.2, 0.25) is 0 Å². The standard InChI is InChI=1S/C14H18N2.2BF4/c1-3-15-9-5-13(6-10-15)14-7-11-16(4-2)12-8-14;2*2-1(3,4)5/h5-12H,3-4H2,1-2H3;;/q+2;2*-1. The first-order valence-corrected chi connectivity index (χ1v) is 7.56. The van der Waals surface area contributed by atoms with Gasteiger partial charge < -0.3 is 34.5 Å². The Kier molecular flexibility index (Phi) is 9.89. The average molecular weight is 388 g/mol. The van der Waals surface area contributed by atoms with Gasteiger partial charge in [0.05, 0.1) is 0 Å². The van der Waals surface area contributed by atoms with Crippen LogP contribution in [-0.4, -0.2) is 14.5 Å². The molecule has 0 aliphatic rings. The van der Waals surface area contributed by atoms with E-state index < -0.39 is 14.5 Å². The SMILES string of the molecule is CC[n+]1ccc(-c2cc[n+](CC)cc2)cc1.F[B-](F)(F)F.F[B-](F)(F)F. The van der Waals surface area contributed by atoms with Crippen LogP contribution in [0.25, 0.3) is 11.1 Å². The highest BCUT2D eigenvalue weighted by Crippen LogP contribution is 2.15. The number of pyridine rings is 2. The van der Waals surface area contributed by atoms with E-state index in [2.05, 4.69) is 72.0 Å². The number of nitrogens with zero attached hydrogens (tertiary/aromatic N) is 2. The van der Waals surface area contributed by atoms with E-state index >= 15 is 0 Å². The maximum atomic E-state index is 9.75. The van der Waals surface area contributed by atoms with Crippen LogP contribution in [0.15, 0.2) is 49.1 Å². The van der Waals surface area contributed by atoms with E-state index in [1.807, 2.05) is 0 Å². The van der Waals surface area contributed by atoms with Crippen LogP contribution in [0.5, 0.6) is 0 Å². The molecule has 0 spiro atoms. The van der Waals surface area contributed by atoms with E-state index in [9.17, 15) is 34.5 Å². The van der Waals surface area contributed by atoms with Gasteiger partial charge in [-0.25, -0.2) is 9.13 Å². The van der Waals surface area contributed by atoms with Crippen LogP contribution < -0.4 is 9.13 Å². The molecule has 2 aromatic heterocycles. The molecule has 0 aromatic carbocycles. The van der Waals surface area contributed by atoms with Gasteiger partial charge in [-0.1, -0.05) is 0 Å². The summed E-state index contributed by atoms with van der Waals surface area (Å²) in [4.78, 5) is 0. The zero-order valence-corrected chi connectivity index (χ0v) is 14.1. The van der Waals surface area contributed by atoms with Gasteiger partial charge in [0.1, 0.15) is 13.1 Å². The molecule has 0 saturated heterocycles. The van der Waals surface area contributed by atoms with Crippen molar-refractivity contribution in [2.45, 2.75) is 26.9 Å². The summed E-state index contributed by atoms with van der Waals surface area (Å²) in [6.45, 7) is 6.33. The molecule has 0 amide bonds. The number of hydrogen-bond donors (Lipinski definition) is 0. The molecule has 26 heavy (non-hydrogen) atoms. The van der Waals surface area contributed by atoms with E-state index in [0.717, 1.165) is 13.1 Å². The smallest absolute Gasteiger partial charge is 0.418 e. The summed E-state index contributed by atoms with van der Waals surface area (Å²) in [7, 11) is -12.0. The molecule has 2 rings (SSSR count). The maximum absolute atomic E-state index is 9.75. The minimum Gasteiger partial charge on any atom is -0.418 e. The van der Waals surface area contributed by atoms with Gasteiger partial charge in [-0.15, -0.1) is 0 Å². The molecule has 0 saturated carbocycles. The first-order valence-electron chi connectivity index (χ1n) is 7.56. The molecule has 146 valence electrons. The van der Waals surface area contributed by atoms with Gasteiger partial charge in [0.2, 0.25) is 0 Å². The number of hydrogen-bond acceptors (Lipinski definition) is 0. The highest BCUT2D eigenvalue weighted by Gasteiger charge is 2.21. The van der Waals surface area contributed by atoms with Gasteiger partial charge in [-0.05, 0) is 25.0 Å². The molecule has 0 unspecified atom stereocenters. The Morgan fingerprint density at radius 2 is 0.769 bits per heavy atom. The average Bonchev–Trinajstić information content (AvgIpc) is 2.52. The van der Waals surface area contributed by atoms with Crippen molar-refractivity contribution in [2.75, 3.05) is 0 Å². The highest BCUT2D eigenvalue weighted by molar-refractivity contribution is 6.50. The molecule has 12 heteroatoms. The van der Waals surface area contributed by atoms with Crippen LogP contribution in [0, 0.1) is 0 Å². The summed E-state index contributed by atoms with van der Waals surface area (Å²) in [6.07, 6.45) is 8.48. The third-order valence-corrected chi connectivity index (χ3v) is 2.85. The fraction of sp³-hybridized carbons (Fsp3) is 0.286. The number of rotatable bonds is 3. The molecule has 0 bridgehead atoms. The first kappa shape index (κ1) is 23.9. The van der Waals surface area contributed by atoms with Crippen molar-refractivity contribution in [3.63, 3.8) is 0 Å². The normalized spacial score (nSPS) is 11.0. The van der Waals surface area contributed by atoms with Crippen molar-refractivity contribution < 1.29 is 43.7 Å². The largest absolute Gasteiger partial charge is 0.673 e. The Bertz CT molecular complexity index is 558. The van der Waals surface area contributed by atoms with Gasteiger partial charge in [0.15, 0.2) is 24.8 Å². The molecule has 2 heterocycles. The van der Waals surface area contributed by atoms with E-state index in [4.69, 9.17) is 0 Å².